The minimum Gasteiger partial charge on any atom is -0.481 e. The van der Waals surface area contributed by atoms with Gasteiger partial charge in [-0.25, -0.2) is 0 Å². The molecular formula is C12H21NO4. The van der Waals surface area contributed by atoms with Crippen molar-refractivity contribution >= 4 is 11.9 Å². The van der Waals surface area contributed by atoms with Gasteiger partial charge in [0.2, 0.25) is 5.91 Å². The molecule has 2 atom stereocenters. The van der Waals surface area contributed by atoms with Crippen LogP contribution in [0.15, 0.2) is 0 Å². The van der Waals surface area contributed by atoms with Crippen molar-refractivity contribution in [1.29, 1.82) is 0 Å². The van der Waals surface area contributed by atoms with Crippen LogP contribution in [-0.4, -0.2) is 47.2 Å². The number of carboxylic acid groups (broad SMARTS) is 1. The van der Waals surface area contributed by atoms with Crippen LogP contribution in [0.5, 0.6) is 0 Å². The lowest BCUT2D eigenvalue weighted by Crippen LogP contribution is -2.52. The van der Waals surface area contributed by atoms with Crippen LogP contribution in [-0.2, 0) is 14.3 Å². The molecule has 1 saturated heterocycles. The predicted molar refractivity (Wildman–Crippen MR) is 62.6 cm³/mol. The third kappa shape index (κ3) is 3.43. The standard InChI is InChI=1S/C12H21NO4/c1-8(9(2)11(15)16)10(14)13-5-6-17-12(3,4)7-13/h8-9H,5-7H2,1-4H3,(H,15,16). The molecule has 17 heavy (non-hydrogen) atoms. The van der Waals surface area contributed by atoms with Gasteiger partial charge in [0.25, 0.3) is 0 Å². The van der Waals surface area contributed by atoms with Crippen LogP contribution in [0.4, 0.5) is 0 Å². The van der Waals surface area contributed by atoms with Gasteiger partial charge in [0.05, 0.1) is 18.1 Å². The molecule has 1 fully saturated rings. The number of nitrogens with zero attached hydrogens (tertiary/aromatic N) is 1. The Kier molecular flexibility index (Phi) is 4.14. The van der Waals surface area contributed by atoms with Gasteiger partial charge in [0.1, 0.15) is 0 Å². The second-order valence-corrected chi connectivity index (χ2v) is 5.28. The van der Waals surface area contributed by atoms with Gasteiger partial charge in [-0.15, -0.1) is 0 Å². The van der Waals surface area contributed by atoms with Crippen molar-refractivity contribution < 1.29 is 19.4 Å². The maximum Gasteiger partial charge on any atom is 0.307 e. The molecule has 0 radical (unpaired) electrons. The SMILES string of the molecule is CC(C(=O)O)C(C)C(=O)N1CCOC(C)(C)C1. The molecular weight excluding hydrogens is 222 g/mol. The number of amides is 1. The Morgan fingerprint density at radius 1 is 1.29 bits per heavy atom. The lowest BCUT2D eigenvalue weighted by atomic mass is 9.94. The highest BCUT2D eigenvalue weighted by Crippen LogP contribution is 2.21. The third-order valence-corrected chi connectivity index (χ3v) is 3.27. The summed E-state index contributed by atoms with van der Waals surface area (Å²) in [6, 6.07) is 0. The zero-order chi connectivity index (χ0) is 13.2. The van der Waals surface area contributed by atoms with E-state index in [1.165, 1.54) is 0 Å². The first-order chi connectivity index (χ1) is 7.74. The van der Waals surface area contributed by atoms with Gasteiger partial charge in [-0.1, -0.05) is 13.8 Å². The Morgan fingerprint density at radius 2 is 1.88 bits per heavy atom. The van der Waals surface area contributed by atoms with Crippen LogP contribution in [0.1, 0.15) is 27.7 Å². The lowest BCUT2D eigenvalue weighted by molar-refractivity contribution is -0.156. The van der Waals surface area contributed by atoms with E-state index in [9.17, 15) is 9.59 Å². The second kappa shape index (κ2) is 5.04. The van der Waals surface area contributed by atoms with E-state index in [0.29, 0.717) is 19.7 Å². The Morgan fingerprint density at radius 3 is 2.35 bits per heavy atom. The average molecular weight is 243 g/mol. The normalized spacial score (nSPS) is 22.9. The molecule has 0 aliphatic carbocycles. The van der Waals surface area contributed by atoms with Gasteiger partial charge in [-0.05, 0) is 13.8 Å². The summed E-state index contributed by atoms with van der Waals surface area (Å²) >= 11 is 0. The zero-order valence-electron chi connectivity index (χ0n) is 10.9. The van der Waals surface area contributed by atoms with E-state index in [0.717, 1.165) is 0 Å². The molecule has 0 aromatic carbocycles. The Bertz CT molecular complexity index is 314. The van der Waals surface area contributed by atoms with Crippen molar-refractivity contribution in [2.75, 3.05) is 19.7 Å². The first-order valence-corrected chi connectivity index (χ1v) is 5.90. The fraction of sp³-hybridized carbons (Fsp3) is 0.833. The molecule has 0 aromatic rings. The fourth-order valence-corrected chi connectivity index (χ4v) is 1.92. The molecule has 0 spiro atoms. The largest absolute Gasteiger partial charge is 0.481 e. The molecule has 5 nitrogen and oxygen atoms in total. The molecule has 0 bridgehead atoms. The van der Waals surface area contributed by atoms with Crippen LogP contribution in [0.25, 0.3) is 0 Å². The van der Waals surface area contributed by atoms with Crippen LogP contribution in [0.2, 0.25) is 0 Å². The molecule has 1 rings (SSSR count). The van der Waals surface area contributed by atoms with E-state index in [1.807, 2.05) is 13.8 Å². The van der Waals surface area contributed by atoms with Crippen molar-refractivity contribution in [2.45, 2.75) is 33.3 Å². The van der Waals surface area contributed by atoms with Crippen molar-refractivity contribution in [1.82, 2.24) is 4.90 Å². The number of morpholine rings is 1. The number of carbonyl (C=O) groups excluding carboxylic acids is 1. The fourth-order valence-electron chi connectivity index (χ4n) is 1.92. The van der Waals surface area contributed by atoms with Crippen molar-refractivity contribution in [3.05, 3.63) is 0 Å². The summed E-state index contributed by atoms with van der Waals surface area (Å²) in [5.74, 6) is -2.19. The van der Waals surface area contributed by atoms with Crippen molar-refractivity contribution in [3.63, 3.8) is 0 Å². The molecule has 1 N–H and O–H groups in total. The summed E-state index contributed by atoms with van der Waals surface area (Å²) in [6.45, 7) is 8.66. The predicted octanol–water partition coefficient (Wildman–Crippen LogP) is 0.981. The Hall–Kier alpha value is -1.10. The molecule has 1 amide bonds. The first kappa shape index (κ1) is 14.0. The number of hydrogen-bond donors (Lipinski definition) is 1. The van der Waals surface area contributed by atoms with Gasteiger partial charge in [-0.2, -0.15) is 0 Å². The van der Waals surface area contributed by atoms with Crippen LogP contribution < -0.4 is 0 Å². The first-order valence-electron chi connectivity index (χ1n) is 5.90. The Labute approximate surface area is 102 Å². The topological polar surface area (TPSA) is 66.8 Å². The van der Waals surface area contributed by atoms with Crippen LogP contribution in [0.3, 0.4) is 0 Å². The van der Waals surface area contributed by atoms with Gasteiger partial charge < -0.3 is 14.7 Å². The van der Waals surface area contributed by atoms with E-state index in [-0.39, 0.29) is 11.5 Å². The van der Waals surface area contributed by atoms with Crippen molar-refractivity contribution in [2.24, 2.45) is 11.8 Å². The van der Waals surface area contributed by atoms with Gasteiger partial charge in [-0.3, -0.25) is 9.59 Å². The maximum absolute atomic E-state index is 12.1. The van der Waals surface area contributed by atoms with Crippen molar-refractivity contribution in [3.8, 4) is 0 Å². The number of carbonyl (C=O) groups is 2. The molecule has 1 aliphatic rings. The molecule has 1 aliphatic heterocycles. The van der Waals surface area contributed by atoms with E-state index < -0.39 is 17.8 Å². The number of ether oxygens (including phenoxy) is 1. The summed E-state index contributed by atoms with van der Waals surface area (Å²) in [7, 11) is 0. The van der Waals surface area contributed by atoms with Crippen LogP contribution >= 0.6 is 0 Å². The molecule has 0 aromatic heterocycles. The number of aliphatic carboxylic acids is 1. The van der Waals surface area contributed by atoms with E-state index in [4.69, 9.17) is 9.84 Å². The maximum atomic E-state index is 12.1. The van der Waals surface area contributed by atoms with E-state index in [2.05, 4.69) is 0 Å². The molecule has 2 unspecified atom stereocenters. The van der Waals surface area contributed by atoms with Gasteiger partial charge in [0.15, 0.2) is 0 Å². The average Bonchev–Trinajstić information content (AvgIpc) is 2.24. The minimum absolute atomic E-state index is 0.101. The number of rotatable bonds is 3. The summed E-state index contributed by atoms with van der Waals surface area (Å²) in [5, 5.41) is 8.91. The van der Waals surface area contributed by atoms with Crippen LogP contribution in [0, 0.1) is 11.8 Å². The quantitative estimate of drug-likeness (QED) is 0.802. The highest BCUT2D eigenvalue weighted by atomic mass is 16.5. The molecule has 5 heteroatoms. The zero-order valence-corrected chi connectivity index (χ0v) is 10.9. The smallest absolute Gasteiger partial charge is 0.307 e. The third-order valence-electron chi connectivity index (χ3n) is 3.27. The molecule has 0 saturated carbocycles. The van der Waals surface area contributed by atoms with E-state index >= 15 is 0 Å². The highest BCUT2D eigenvalue weighted by molar-refractivity contribution is 5.84. The molecule has 98 valence electrons. The van der Waals surface area contributed by atoms with Gasteiger partial charge in [0, 0.05) is 19.0 Å². The summed E-state index contributed by atoms with van der Waals surface area (Å²) < 4.78 is 5.52. The Balaban J connectivity index is 2.66. The highest BCUT2D eigenvalue weighted by Gasteiger charge is 2.34. The number of carboxylic acids is 1. The second-order valence-electron chi connectivity index (χ2n) is 5.28. The lowest BCUT2D eigenvalue weighted by Gasteiger charge is -2.39. The monoisotopic (exact) mass is 243 g/mol. The number of hydrogen-bond acceptors (Lipinski definition) is 3. The summed E-state index contributed by atoms with van der Waals surface area (Å²) in [6.07, 6.45) is 0. The molecule has 1 heterocycles. The summed E-state index contributed by atoms with van der Waals surface area (Å²) in [4.78, 5) is 24.7. The minimum atomic E-state index is -0.932. The summed E-state index contributed by atoms with van der Waals surface area (Å²) in [5.41, 5.74) is -0.347. The van der Waals surface area contributed by atoms with Gasteiger partial charge >= 0.3 is 5.97 Å². The van der Waals surface area contributed by atoms with E-state index in [1.54, 1.807) is 18.7 Å².